The monoisotopic (exact) mass is 358 g/mol. The number of carbonyl (C=O) groups excluding carboxylic acids is 2. The van der Waals surface area contributed by atoms with Crippen LogP contribution in [-0.2, 0) is 16.0 Å². The van der Waals surface area contributed by atoms with E-state index in [9.17, 15) is 9.59 Å². The quantitative estimate of drug-likeness (QED) is 0.761. The van der Waals surface area contributed by atoms with Crippen LogP contribution in [0.5, 0.6) is 0 Å². The second-order valence-corrected chi connectivity index (χ2v) is 6.45. The summed E-state index contributed by atoms with van der Waals surface area (Å²) in [5.41, 5.74) is 1.95. The van der Waals surface area contributed by atoms with Gasteiger partial charge in [-0.15, -0.1) is 0 Å². The Morgan fingerprint density at radius 1 is 1.04 bits per heavy atom. The molecule has 0 unspecified atom stereocenters. The van der Waals surface area contributed by atoms with Crippen LogP contribution in [0.3, 0.4) is 0 Å². The molecule has 0 heterocycles. The highest BCUT2D eigenvalue weighted by Gasteiger charge is 2.18. The van der Waals surface area contributed by atoms with Crippen LogP contribution in [0.25, 0.3) is 0 Å². The molecule has 0 spiro atoms. The molecule has 2 aromatic rings. The summed E-state index contributed by atoms with van der Waals surface area (Å²) in [6.45, 7) is 3.56. The summed E-state index contributed by atoms with van der Waals surface area (Å²) in [5, 5.41) is 6.60. The second-order valence-electron chi connectivity index (χ2n) is 6.04. The van der Waals surface area contributed by atoms with Crippen LogP contribution in [0.2, 0.25) is 5.02 Å². The second kappa shape index (κ2) is 9.35. The smallest absolute Gasteiger partial charge is 0.234 e. The molecule has 0 saturated carbocycles. The Balaban J connectivity index is 1.89. The number of nitrogens with one attached hydrogen (secondary N) is 2. The third kappa shape index (κ3) is 6.00. The van der Waals surface area contributed by atoms with Crippen molar-refractivity contribution in [1.82, 2.24) is 10.6 Å². The van der Waals surface area contributed by atoms with Crippen LogP contribution in [0, 0.1) is 0 Å². The largest absolute Gasteiger partial charge is 0.345 e. The predicted octanol–water partition coefficient (Wildman–Crippen LogP) is 3.31. The normalized spacial score (nSPS) is 13.1. The lowest BCUT2D eigenvalue weighted by Gasteiger charge is -2.19. The average molecular weight is 359 g/mol. The third-order valence-corrected chi connectivity index (χ3v) is 4.39. The molecule has 0 saturated heterocycles. The summed E-state index contributed by atoms with van der Waals surface area (Å²) in [6, 6.07) is 16.6. The van der Waals surface area contributed by atoms with Crippen LogP contribution in [0.4, 0.5) is 0 Å². The number of rotatable bonds is 8. The Labute approximate surface area is 153 Å². The zero-order chi connectivity index (χ0) is 18.2. The first-order valence-corrected chi connectivity index (χ1v) is 8.66. The van der Waals surface area contributed by atoms with Gasteiger partial charge in [0, 0.05) is 11.1 Å². The Morgan fingerprint density at radius 3 is 2.32 bits per heavy atom. The number of hydrogen-bond acceptors (Lipinski definition) is 3. The summed E-state index contributed by atoms with van der Waals surface area (Å²) in [6.07, 6.45) is 0.488. The van der Waals surface area contributed by atoms with E-state index in [2.05, 4.69) is 10.6 Å². The van der Waals surface area contributed by atoms with Gasteiger partial charge in [0.15, 0.2) is 5.78 Å². The number of ketones is 1. The highest BCUT2D eigenvalue weighted by molar-refractivity contribution is 6.31. The number of benzene rings is 2. The Kier molecular flexibility index (Phi) is 7.16. The van der Waals surface area contributed by atoms with E-state index in [-0.39, 0.29) is 24.3 Å². The number of Topliss-reactive ketones (excluding diaryl/α,β-unsaturated/α-hetero) is 1. The number of amides is 1. The van der Waals surface area contributed by atoms with Crippen molar-refractivity contribution in [2.75, 3.05) is 6.54 Å². The molecule has 2 atom stereocenters. The molecule has 2 N–H and O–H groups in total. The zero-order valence-electron chi connectivity index (χ0n) is 14.5. The van der Waals surface area contributed by atoms with Gasteiger partial charge in [-0.3, -0.25) is 9.59 Å². The van der Waals surface area contributed by atoms with Gasteiger partial charge in [0.25, 0.3) is 0 Å². The molecular weight excluding hydrogens is 336 g/mol. The Morgan fingerprint density at radius 2 is 1.68 bits per heavy atom. The van der Waals surface area contributed by atoms with Crippen LogP contribution < -0.4 is 10.6 Å². The molecule has 0 aliphatic carbocycles. The first kappa shape index (κ1) is 19.2. The molecule has 0 aliphatic heterocycles. The lowest BCUT2D eigenvalue weighted by molar-refractivity contribution is -0.126. The van der Waals surface area contributed by atoms with E-state index in [1.807, 2.05) is 61.5 Å². The Bertz CT molecular complexity index is 719. The van der Waals surface area contributed by atoms with E-state index in [1.54, 1.807) is 0 Å². The molecule has 25 heavy (non-hydrogen) atoms. The van der Waals surface area contributed by atoms with Crippen LogP contribution >= 0.6 is 11.6 Å². The van der Waals surface area contributed by atoms with Crippen LogP contribution in [-0.4, -0.2) is 24.3 Å². The molecule has 0 aromatic heterocycles. The van der Waals surface area contributed by atoms with Gasteiger partial charge < -0.3 is 10.6 Å². The first-order chi connectivity index (χ1) is 12.0. The molecule has 0 bridgehead atoms. The van der Waals surface area contributed by atoms with E-state index in [0.29, 0.717) is 11.4 Å². The van der Waals surface area contributed by atoms with Crippen molar-refractivity contribution in [2.24, 2.45) is 0 Å². The van der Waals surface area contributed by atoms with Crippen molar-refractivity contribution < 1.29 is 9.59 Å². The summed E-state index contributed by atoms with van der Waals surface area (Å²) in [7, 11) is 0. The molecule has 1 amide bonds. The summed E-state index contributed by atoms with van der Waals surface area (Å²) in [5.74, 6) is -0.272. The molecular formula is C20H23ClN2O2. The molecule has 4 nitrogen and oxygen atoms in total. The van der Waals surface area contributed by atoms with Crippen LogP contribution in [0.15, 0.2) is 54.6 Å². The standard InChI is InChI=1S/C20H23ClN2O2/c1-14(17-10-6-7-11-18(17)21)22-13-20(25)23-19(15(2)24)12-16-8-4-3-5-9-16/h3-11,14,19,22H,12-13H2,1-2H3,(H,23,25)/t14-,19+/m0/s1. The fourth-order valence-electron chi connectivity index (χ4n) is 2.57. The van der Waals surface area contributed by atoms with E-state index in [0.717, 1.165) is 11.1 Å². The number of carbonyl (C=O) groups is 2. The van der Waals surface area contributed by atoms with E-state index in [4.69, 9.17) is 11.6 Å². The molecule has 0 aliphatic rings. The molecule has 0 radical (unpaired) electrons. The molecule has 0 fully saturated rings. The van der Waals surface area contributed by atoms with E-state index < -0.39 is 6.04 Å². The molecule has 2 aromatic carbocycles. The van der Waals surface area contributed by atoms with E-state index in [1.165, 1.54) is 6.92 Å². The number of hydrogen-bond donors (Lipinski definition) is 2. The molecule has 2 rings (SSSR count). The predicted molar refractivity (Wildman–Crippen MR) is 101 cm³/mol. The molecule has 132 valence electrons. The highest BCUT2D eigenvalue weighted by atomic mass is 35.5. The van der Waals surface area contributed by atoms with Crippen molar-refractivity contribution in [1.29, 1.82) is 0 Å². The summed E-state index contributed by atoms with van der Waals surface area (Å²) >= 11 is 6.17. The zero-order valence-corrected chi connectivity index (χ0v) is 15.2. The van der Waals surface area contributed by atoms with Crippen molar-refractivity contribution in [2.45, 2.75) is 32.4 Å². The van der Waals surface area contributed by atoms with Crippen molar-refractivity contribution in [3.63, 3.8) is 0 Å². The van der Waals surface area contributed by atoms with Gasteiger partial charge in [-0.25, -0.2) is 0 Å². The number of halogens is 1. The Hall–Kier alpha value is -2.17. The van der Waals surface area contributed by atoms with Gasteiger partial charge in [-0.1, -0.05) is 60.1 Å². The van der Waals surface area contributed by atoms with Gasteiger partial charge in [-0.05, 0) is 37.5 Å². The maximum Gasteiger partial charge on any atom is 0.234 e. The van der Waals surface area contributed by atoms with Crippen molar-refractivity contribution >= 4 is 23.3 Å². The first-order valence-electron chi connectivity index (χ1n) is 8.29. The SMILES string of the molecule is CC(=O)[C@@H](Cc1ccccc1)NC(=O)CN[C@@H](C)c1ccccc1Cl. The summed E-state index contributed by atoms with van der Waals surface area (Å²) in [4.78, 5) is 24.0. The van der Waals surface area contributed by atoms with Gasteiger partial charge in [0.05, 0.1) is 12.6 Å². The van der Waals surface area contributed by atoms with Gasteiger partial charge in [0.2, 0.25) is 5.91 Å². The van der Waals surface area contributed by atoms with Gasteiger partial charge >= 0.3 is 0 Å². The fraction of sp³-hybridized carbons (Fsp3) is 0.300. The van der Waals surface area contributed by atoms with Gasteiger partial charge in [0.1, 0.15) is 0 Å². The maximum absolute atomic E-state index is 12.2. The lowest BCUT2D eigenvalue weighted by atomic mass is 10.0. The topological polar surface area (TPSA) is 58.2 Å². The van der Waals surface area contributed by atoms with Crippen LogP contribution in [0.1, 0.15) is 31.0 Å². The minimum Gasteiger partial charge on any atom is -0.345 e. The van der Waals surface area contributed by atoms with Gasteiger partial charge in [-0.2, -0.15) is 0 Å². The minimum absolute atomic E-state index is 0.0589. The van der Waals surface area contributed by atoms with Crippen molar-refractivity contribution in [3.05, 3.63) is 70.7 Å². The fourth-order valence-corrected chi connectivity index (χ4v) is 2.87. The third-order valence-electron chi connectivity index (χ3n) is 4.05. The summed E-state index contributed by atoms with van der Waals surface area (Å²) < 4.78 is 0. The molecule has 5 heteroatoms. The minimum atomic E-state index is -0.521. The lowest BCUT2D eigenvalue weighted by Crippen LogP contribution is -2.45. The average Bonchev–Trinajstić information content (AvgIpc) is 2.60. The van der Waals surface area contributed by atoms with Crippen molar-refractivity contribution in [3.8, 4) is 0 Å². The van der Waals surface area contributed by atoms with E-state index >= 15 is 0 Å². The highest BCUT2D eigenvalue weighted by Crippen LogP contribution is 2.21. The maximum atomic E-state index is 12.2.